The predicted octanol–water partition coefficient (Wildman–Crippen LogP) is 2.39. The molecule has 0 aliphatic carbocycles. The van der Waals surface area contributed by atoms with Crippen LogP contribution in [-0.4, -0.2) is 33.6 Å². The van der Waals surface area contributed by atoms with E-state index in [1.54, 1.807) is 6.92 Å². The van der Waals surface area contributed by atoms with Crippen molar-refractivity contribution in [1.82, 2.24) is 0 Å². The molecule has 0 aromatic carbocycles. The Bertz CT molecular complexity index is 283. The third-order valence-electron chi connectivity index (χ3n) is 2.24. The van der Waals surface area contributed by atoms with E-state index in [1.807, 2.05) is 27.7 Å². The van der Waals surface area contributed by atoms with Crippen molar-refractivity contribution in [2.75, 3.05) is 6.61 Å². The maximum Gasteiger partial charge on any atom is 0.335 e. The number of hydrogen-bond acceptors (Lipinski definition) is 5. The van der Waals surface area contributed by atoms with Crippen molar-refractivity contribution in [2.45, 2.75) is 58.3 Å². The Balaban J connectivity index is 4.27. The number of carbonyl (C=O) groups excluding carboxylic acids is 2. The van der Waals surface area contributed by atoms with Crippen LogP contribution in [0.5, 0.6) is 0 Å². The molecule has 0 aromatic heterocycles. The lowest BCUT2D eigenvalue weighted by Gasteiger charge is -2.21. The zero-order valence-corrected chi connectivity index (χ0v) is 12.7. The number of thioether (sulfide) groups is 1. The Hall–Kier alpha value is -0.550. The summed E-state index contributed by atoms with van der Waals surface area (Å²) in [5.74, 6) is -1.46. The van der Waals surface area contributed by atoms with Gasteiger partial charge in [0.25, 0.3) is 0 Å². The van der Waals surface area contributed by atoms with Gasteiger partial charge in [-0.05, 0) is 6.42 Å². The number of unbranched alkanes of at least 4 members (excludes halogenated alkanes) is 1. The molecule has 0 saturated carbocycles. The van der Waals surface area contributed by atoms with Crippen molar-refractivity contribution in [1.29, 1.82) is 0 Å². The predicted molar refractivity (Wildman–Crippen MR) is 73.4 cm³/mol. The molecule has 0 amide bonds. The first-order valence-electron chi connectivity index (χ1n) is 6.26. The Kier molecular flexibility index (Phi) is 7.55. The van der Waals surface area contributed by atoms with Crippen molar-refractivity contribution < 1.29 is 19.4 Å². The van der Waals surface area contributed by atoms with E-state index in [4.69, 9.17) is 4.74 Å². The zero-order valence-electron chi connectivity index (χ0n) is 11.9. The summed E-state index contributed by atoms with van der Waals surface area (Å²) in [6.07, 6.45) is 0.305. The summed E-state index contributed by atoms with van der Waals surface area (Å²) in [5, 5.41) is 9.55. The van der Waals surface area contributed by atoms with Crippen molar-refractivity contribution in [3.63, 3.8) is 0 Å². The molecule has 0 saturated heterocycles. The van der Waals surface area contributed by atoms with Gasteiger partial charge < -0.3 is 9.84 Å². The highest BCUT2D eigenvalue weighted by atomic mass is 32.2. The maximum absolute atomic E-state index is 11.8. The number of esters is 1. The SMILES string of the molecule is CCCCOC(=O)C(O)C(C)C(=O)SC(C)(C)C. The van der Waals surface area contributed by atoms with Gasteiger partial charge in [-0.1, -0.05) is 52.8 Å². The van der Waals surface area contributed by atoms with Crippen LogP contribution >= 0.6 is 11.8 Å². The van der Waals surface area contributed by atoms with Crippen LogP contribution in [0.15, 0.2) is 0 Å². The molecule has 0 heterocycles. The normalized spacial score (nSPS) is 15.0. The third-order valence-corrected chi connectivity index (χ3v) is 3.42. The van der Waals surface area contributed by atoms with Crippen LogP contribution in [0, 0.1) is 5.92 Å². The van der Waals surface area contributed by atoms with Gasteiger partial charge in [-0.15, -0.1) is 0 Å². The van der Waals surface area contributed by atoms with Gasteiger partial charge in [0.05, 0.1) is 12.5 Å². The molecule has 2 atom stereocenters. The molecule has 18 heavy (non-hydrogen) atoms. The van der Waals surface area contributed by atoms with Crippen LogP contribution in [-0.2, 0) is 14.3 Å². The number of ether oxygens (including phenoxy) is 1. The van der Waals surface area contributed by atoms with Gasteiger partial charge in [0, 0.05) is 4.75 Å². The summed E-state index contributed by atoms with van der Waals surface area (Å²) in [7, 11) is 0. The average molecular weight is 276 g/mol. The molecule has 0 aliphatic rings. The lowest BCUT2D eigenvalue weighted by molar-refractivity contribution is -0.157. The number of carbonyl (C=O) groups is 2. The molecule has 4 nitrogen and oxygen atoms in total. The molecule has 0 fully saturated rings. The van der Waals surface area contributed by atoms with Crippen molar-refractivity contribution >= 4 is 22.8 Å². The summed E-state index contributed by atoms with van der Waals surface area (Å²) >= 11 is 1.13. The Morgan fingerprint density at radius 3 is 2.33 bits per heavy atom. The first-order valence-corrected chi connectivity index (χ1v) is 7.08. The van der Waals surface area contributed by atoms with Crippen LogP contribution in [0.25, 0.3) is 0 Å². The summed E-state index contributed by atoms with van der Waals surface area (Å²) in [4.78, 5) is 23.3. The van der Waals surface area contributed by atoms with Gasteiger partial charge in [-0.3, -0.25) is 4.79 Å². The summed E-state index contributed by atoms with van der Waals surface area (Å²) in [6.45, 7) is 9.56. The van der Waals surface area contributed by atoms with E-state index in [0.717, 1.165) is 24.6 Å². The van der Waals surface area contributed by atoms with Gasteiger partial charge in [0.1, 0.15) is 0 Å². The van der Waals surface area contributed by atoms with E-state index < -0.39 is 18.0 Å². The fraction of sp³-hybridized carbons (Fsp3) is 0.846. The minimum atomic E-state index is -1.37. The molecule has 2 unspecified atom stereocenters. The molecular formula is C13H24O4S. The van der Waals surface area contributed by atoms with Crippen LogP contribution < -0.4 is 0 Å². The van der Waals surface area contributed by atoms with Crippen molar-refractivity contribution in [3.05, 3.63) is 0 Å². The molecule has 0 spiro atoms. The topological polar surface area (TPSA) is 63.6 Å². The van der Waals surface area contributed by atoms with Gasteiger partial charge in [0.2, 0.25) is 0 Å². The van der Waals surface area contributed by atoms with E-state index in [9.17, 15) is 14.7 Å². The molecule has 106 valence electrons. The molecule has 0 radical (unpaired) electrons. The third kappa shape index (κ3) is 7.01. The molecule has 0 aliphatic heterocycles. The molecule has 1 N–H and O–H groups in total. The van der Waals surface area contributed by atoms with Crippen molar-refractivity contribution in [2.24, 2.45) is 5.92 Å². The molecular weight excluding hydrogens is 252 g/mol. The van der Waals surface area contributed by atoms with Gasteiger partial charge >= 0.3 is 5.97 Å². The van der Waals surface area contributed by atoms with Crippen LogP contribution in [0.1, 0.15) is 47.5 Å². The Morgan fingerprint density at radius 1 is 1.33 bits per heavy atom. The van der Waals surface area contributed by atoms with E-state index in [-0.39, 0.29) is 9.86 Å². The smallest absolute Gasteiger partial charge is 0.335 e. The molecule has 0 aromatic rings. The standard InChI is InChI=1S/C13H24O4S/c1-6-7-8-17-11(15)10(14)9(2)12(16)18-13(3,4)5/h9-10,14H,6-8H2,1-5H3. The van der Waals surface area contributed by atoms with Gasteiger partial charge in [-0.2, -0.15) is 0 Å². The molecule has 0 rings (SSSR count). The van der Waals surface area contributed by atoms with Crippen LogP contribution in [0.4, 0.5) is 0 Å². The second kappa shape index (κ2) is 7.79. The van der Waals surface area contributed by atoms with E-state index in [1.165, 1.54) is 0 Å². The second-order valence-electron chi connectivity index (χ2n) is 5.29. The highest BCUT2D eigenvalue weighted by molar-refractivity contribution is 8.14. The number of aliphatic hydroxyl groups excluding tert-OH is 1. The van der Waals surface area contributed by atoms with E-state index >= 15 is 0 Å². The van der Waals surface area contributed by atoms with Crippen LogP contribution in [0.2, 0.25) is 0 Å². The molecule has 5 heteroatoms. The van der Waals surface area contributed by atoms with E-state index in [0.29, 0.717) is 6.61 Å². The average Bonchev–Trinajstić information content (AvgIpc) is 2.24. The van der Waals surface area contributed by atoms with Gasteiger partial charge in [-0.25, -0.2) is 4.79 Å². The van der Waals surface area contributed by atoms with Crippen LogP contribution in [0.3, 0.4) is 0 Å². The lowest BCUT2D eigenvalue weighted by Crippen LogP contribution is -2.34. The second-order valence-corrected chi connectivity index (χ2v) is 7.12. The quantitative estimate of drug-likeness (QED) is 0.596. The fourth-order valence-corrected chi connectivity index (χ4v) is 2.05. The first kappa shape index (κ1) is 17.4. The van der Waals surface area contributed by atoms with Crippen molar-refractivity contribution in [3.8, 4) is 0 Å². The Morgan fingerprint density at radius 2 is 1.89 bits per heavy atom. The number of aliphatic hydroxyl groups is 1. The number of rotatable bonds is 6. The monoisotopic (exact) mass is 276 g/mol. The summed E-state index contributed by atoms with van der Waals surface area (Å²) in [5.41, 5.74) is 0. The fourth-order valence-electron chi connectivity index (χ4n) is 1.13. The Labute approximate surface area is 113 Å². The minimum Gasteiger partial charge on any atom is -0.464 e. The minimum absolute atomic E-state index is 0.192. The zero-order chi connectivity index (χ0) is 14.3. The summed E-state index contributed by atoms with van der Waals surface area (Å²) < 4.78 is 4.67. The first-order chi connectivity index (χ1) is 8.19. The highest BCUT2D eigenvalue weighted by Crippen LogP contribution is 2.28. The largest absolute Gasteiger partial charge is 0.464 e. The van der Waals surface area contributed by atoms with E-state index in [2.05, 4.69) is 0 Å². The highest BCUT2D eigenvalue weighted by Gasteiger charge is 2.31. The molecule has 0 bridgehead atoms. The maximum atomic E-state index is 11.8. The number of hydrogen-bond donors (Lipinski definition) is 1. The lowest BCUT2D eigenvalue weighted by atomic mass is 10.1. The van der Waals surface area contributed by atoms with Gasteiger partial charge in [0.15, 0.2) is 11.2 Å². The summed E-state index contributed by atoms with van der Waals surface area (Å²) in [6, 6.07) is 0.